The highest BCUT2D eigenvalue weighted by Gasteiger charge is 2.18. The highest BCUT2D eigenvalue weighted by molar-refractivity contribution is 7.26. The van der Waals surface area contributed by atoms with Gasteiger partial charge in [0.2, 0.25) is 0 Å². The highest BCUT2D eigenvalue weighted by atomic mass is 32.1. The standard InChI is InChI=1S/C42H29NS.C3H6/c1-3-4-15-32-27(2)40(29-13-6-5-7-14-29)34-17-10-11-18-35(34)41(32)31-19-22-37(43-26-31)30-21-23-38-36(25-30)42-33-16-9-8-12-28(33)20-24-39(42)44-38;1-3-2/h3-26H,1H2,2H3;3H,1H2,2H3/b15-4-;. The van der Waals surface area contributed by atoms with E-state index in [1.54, 1.807) is 6.08 Å². The molecule has 0 bridgehead atoms. The maximum Gasteiger partial charge on any atom is 0.0702 e. The van der Waals surface area contributed by atoms with Crippen LogP contribution in [0.1, 0.15) is 18.1 Å². The van der Waals surface area contributed by atoms with E-state index in [2.05, 4.69) is 147 Å². The number of hydrogen-bond acceptors (Lipinski definition) is 2. The van der Waals surface area contributed by atoms with Crippen molar-refractivity contribution in [2.24, 2.45) is 0 Å². The molecule has 2 aromatic heterocycles. The van der Waals surface area contributed by atoms with Gasteiger partial charge in [0.05, 0.1) is 5.69 Å². The third-order valence-corrected chi connectivity index (χ3v) is 9.82. The number of rotatable bonds is 5. The first-order chi connectivity index (χ1) is 23.1. The lowest BCUT2D eigenvalue weighted by atomic mass is 9.84. The fourth-order valence-electron chi connectivity index (χ4n) is 6.67. The third kappa shape index (κ3) is 5.48. The molecular formula is C45H35NS. The Hall–Kier alpha value is -5.57. The summed E-state index contributed by atoms with van der Waals surface area (Å²) in [5.74, 6) is 0. The van der Waals surface area contributed by atoms with E-state index in [1.165, 1.54) is 69.5 Å². The Labute approximate surface area is 280 Å². The molecule has 0 saturated carbocycles. The van der Waals surface area contributed by atoms with Gasteiger partial charge in [0.25, 0.3) is 0 Å². The number of pyridine rings is 1. The zero-order valence-electron chi connectivity index (χ0n) is 26.7. The molecule has 8 aromatic rings. The number of fused-ring (bicyclic) bond motifs is 6. The first kappa shape index (κ1) is 30.1. The summed E-state index contributed by atoms with van der Waals surface area (Å²) in [7, 11) is 0. The van der Waals surface area contributed by atoms with Crippen LogP contribution in [0.2, 0.25) is 0 Å². The van der Waals surface area contributed by atoms with Crippen LogP contribution in [-0.4, -0.2) is 4.98 Å². The second-order valence-electron chi connectivity index (χ2n) is 11.6. The molecule has 2 heteroatoms. The molecule has 226 valence electrons. The van der Waals surface area contributed by atoms with Crippen molar-refractivity contribution in [3.05, 3.63) is 170 Å². The van der Waals surface area contributed by atoms with Gasteiger partial charge in [0.1, 0.15) is 0 Å². The molecule has 0 aliphatic rings. The SMILES string of the molecule is C=C/C=C\c1c(C)c(-c2ccccc2)c2ccccc2c1-c1ccc(-c2ccc3sc4ccc5ccccc5c4c3c2)nc1.C=CC. The van der Waals surface area contributed by atoms with Crippen molar-refractivity contribution in [3.63, 3.8) is 0 Å². The van der Waals surface area contributed by atoms with Crippen LogP contribution in [0, 0.1) is 6.92 Å². The van der Waals surface area contributed by atoms with Crippen molar-refractivity contribution >= 4 is 59.1 Å². The molecule has 6 aromatic carbocycles. The molecule has 47 heavy (non-hydrogen) atoms. The van der Waals surface area contributed by atoms with Gasteiger partial charge in [0, 0.05) is 37.5 Å². The number of hydrogen-bond donors (Lipinski definition) is 0. The molecule has 0 aliphatic carbocycles. The summed E-state index contributed by atoms with van der Waals surface area (Å²) in [4.78, 5) is 5.06. The normalized spacial score (nSPS) is 11.3. The lowest BCUT2D eigenvalue weighted by Gasteiger charge is -2.20. The number of allylic oxidation sites excluding steroid dienone is 3. The lowest BCUT2D eigenvalue weighted by Crippen LogP contribution is -1.96. The minimum Gasteiger partial charge on any atom is -0.256 e. The van der Waals surface area contributed by atoms with E-state index in [0.717, 1.165) is 16.8 Å². The van der Waals surface area contributed by atoms with Crippen molar-refractivity contribution in [3.8, 4) is 33.5 Å². The number of benzene rings is 6. The molecule has 0 fully saturated rings. The van der Waals surface area contributed by atoms with Crippen molar-refractivity contribution in [2.75, 3.05) is 0 Å². The molecule has 8 rings (SSSR count). The van der Waals surface area contributed by atoms with Gasteiger partial charge in [-0.15, -0.1) is 17.9 Å². The highest BCUT2D eigenvalue weighted by Crippen LogP contribution is 2.43. The van der Waals surface area contributed by atoms with Crippen LogP contribution < -0.4 is 0 Å². The average Bonchev–Trinajstić information content (AvgIpc) is 3.50. The first-order valence-corrected chi connectivity index (χ1v) is 16.7. The predicted molar refractivity (Wildman–Crippen MR) is 208 cm³/mol. The number of nitrogens with zero attached hydrogens (tertiary/aromatic N) is 1. The zero-order valence-corrected chi connectivity index (χ0v) is 27.5. The molecule has 0 saturated heterocycles. The van der Waals surface area contributed by atoms with Crippen molar-refractivity contribution in [2.45, 2.75) is 13.8 Å². The molecule has 0 aliphatic heterocycles. The van der Waals surface area contributed by atoms with Gasteiger partial charge in [-0.25, -0.2) is 0 Å². The van der Waals surface area contributed by atoms with Crippen LogP contribution in [0.3, 0.4) is 0 Å². The molecule has 0 radical (unpaired) electrons. The van der Waals surface area contributed by atoms with Crippen LogP contribution in [0.25, 0.3) is 81.3 Å². The van der Waals surface area contributed by atoms with Gasteiger partial charge in [-0.05, 0) is 87.5 Å². The molecular weight excluding hydrogens is 587 g/mol. The summed E-state index contributed by atoms with van der Waals surface area (Å²) in [6.45, 7) is 11.4. The minimum absolute atomic E-state index is 0.973. The third-order valence-electron chi connectivity index (χ3n) is 8.68. The van der Waals surface area contributed by atoms with Gasteiger partial charge in [-0.3, -0.25) is 4.98 Å². The van der Waals surface area contributed by atoms with Gasteiger partial charge < -0.3 is 0 Å². The average molecular weight is 622 g/mol. The van der Waals surface area contributed by atoms with Gasteiger partial charge in [-0.2, -0.15) is 0 Å². The Morgan fingerprint density at radius 1 is 0.617 bits per heavy atom. The molecule has 0 spiro atoms. The molecule has 0 atom stereocenters. The van der Waals surface area contributed by atoms with Crippen LogP contribution in [0.15, 0.2) is 159 Å². The van der Waals surface area contributed by atoms with E-state index in [1.807, 2.05) is 36.6 Å². The largest absolute Gasteiger partial charge is 0.256 e. The summed E-state index contributed by atoms with van der Waals surface area (Å²) in [6.07, 6.45) is 9.84. The van der Waals surface area contributed by atoms with E-state index in [0.29, 0.717) is 0 Å². The second kappa shape index (κ2) is 13.0. The summed E-state index contributed by atoms with van der Waals surface area (Å²) in [5.41, 5.74) is 9.32. The quantitative estimate of drug-likeness (QED) is 0.138. The van der Waals surface area contributed by atoms with Crippen LogP contribution in [0.4, 0.5) is 0 Å². The number of aromatic nitrogens is 1. The Morgan fingerprint density at radius 2 is 1.28 bits per heavy atom. The molecule has 0 N–H and O–H groups in total. The smallest absolute Gasteiger partial charge is 0.0702 e. The Balaban J connectivity index is 0.00000113. The predicted octanol–water partition coefficient (Wildman–Crippen LogP) is 13.5. The van der Waals surface area contributed by atoms with E-state index in [9.17, 15) is 0 Å². The van der Waals surface area contributed by atoms with E-state index >= 15 is 0 Å². The fourth-order valence-corrected chi connectivity index (χ4v) is 7.77. The first-order valence-electron chi connectivity index (χ1n) is 15.9. The minimum atomic E-state index is 0.973. The van der Waals surface area contributed by atoms with E-state index in [4.69, 9.17) is 4.98 Å². The Morgan fingerprint density at radius 3 is 2.00 bits per heavy atom. The van der Waals surface area contributed by atoms with E-state index in [-0.39, 0.29) is 0 Å². The summed E-state index contributed by atoms with van der Waals surface area (Å²) in [6, 6.07) is 43.7. The molecule has 0 amide bonds. The van der Waals surface area contributed by atoms with Crippen molar-refractivity contribution < 1.29 is 0 Å². The fraction of sp³-hybridized carbons (Fsp3) is 0.0444. The topological polar surface area (TPSA) is 12.9 Å². The molecule has 1 nitrogen and oxygen atoms in total. The molecule has 0 unspecified atom stereocenters. The monoisotopic (exact) mass is 621 g/mol. The lowest BCUT2D eigenvalue weighted by molar-refractivity contribution is 1.33. The van der Waals surface area contributed by atoms with Gasteiger partial charge in [-0.1, -0.05) is 128 Å². The van der Waals surface area contributed by atoms with Gasteiger partial charge >= 0.3 is 0 Å². The van der Waals surface area contributed by atoms with Crippen molar-refractivity contribution in [1.82, 2.24) is 4.98 Å². The zero-order chi connectivity index (χ0) is 32.3. The summed E-state index contributed by atoms with van der Waals surface area (Å²) >= 11 is 1.86. The van der Waals surface area contributed by atoms with Crippen molar-refractivity contribution in [1.29, 1.82) is 0 Å². The van der Waals surface area contributed by atoms with Crippen LogP contribution in [-0.2, 0) is 0 Å². The van der Waals surface area contributed by atoms with Gasteiger partial charge in [0.15, 0.2) is 0 Å². The maximum atomic E-state index is 5.06. The van der Waals surface area contributed by atoms with E-state index < -0.39 is 0 Å². The van der Waals surface area contributed by atoms with Crippen LogP contribution >= 0.6 is 11.3 Å². The maximum absolute atomic E-state index is 5.06. The second-order valence-corrected chi connectivity index (χ2v) is 12.7. The summed E-state index contributed by atoms with van der Waals surface area (Å²) < 4.78 is 2.62. The number of thiophene rings is 1. The summed E-state index contributed by atoms with van der Waals surface area (Å²) in [5, 5.41) is 7.66. The Bertz CT molecular complexity index is 2440. The van der Waals surface area contributed by atoms with Crippen LogP contribution in [0.5, 0.6) is 0 Å². The molecule has 2 heterocycles. The Kier molecular flexibility index (Phi) is 8.35.